The highest BCUT2D eigenvalue weighted by Gasteiger charge is 2.24. The summed E-state index contributed by atoms with van der Waals surface area (Å²) in [5.41, 5.74) is 3.39. The van der Waals surface area contributed by atoms with Crippen LogP contribution in [-0.2, 0) is 11.2 Å². The van der Waals surface area contributed by atoms with E-state index in [1.807, 2.05) is 30.3 Å². The number of hydrogen-bond acceptors (Lipinski definition) is 3. The van der Waals surface area contributed by atoms with Gasteiger partial charge in [-0.1, -0.05) is 36.4 Å². The zero-order valence-corrected chi connectivity index (χ0v) is 12.2. The van der Waals surface area contributed by atoms with E-state index in [0.717, 1.165) is 17.7 Å². The molecule has 1 aliphatic heterocycles. The summed E-state index contributed by atoms with van der Waals surface area (Å²) in [5.74, 6) is 0.761. The molecule has 2 aromatic rings. The monoisotopic (exact) mass is 284 g/mol. The van der Waals surface area contributed by atoms with Crippen LogP contribution < -0.4 is 4.74 Å². The largest absolute Gasteiger partial charge is 0.497 e. The Balaban J connectivity index is 1.77. The molecule has 0 bridgehead atoms. The van der Waals surface area contributed by atoms with Crippen molar-refractivity contribution in [1.29, 1.82) is 0 Å². The lowest BCUT2D eigenvalue weighted by atomic mass is 9.92. The first-order chi connectivity index (χ1) is 10.3. The van der Waals surface area contributed by atoms with Crippen LogP contribution in [-0.4, -0.2) is 18.8 Å². The molecule has 1 heterocycles. The van der Waals surface area contributed by atoms with Gasteiger partial charge < -0.3 is 14.6 Å². The second kappa shape index (κ2) is 6.29. The van der Waals surface area contributed by atoms with Crippen molar-refractivity contribution in [3.8, 4) is 5.75 Å². The van der Waals surface area contributed by atoms with Crippen LogP contribution in [0.5, 0.6) is 5.75 Å². The van der Waals surface area contributed by atoms with Gasteiger partial charge in [0.1, 0.15) is 5.75 Å². The fraction of sp³-hybridized carbons (Fsp3) is 0.333. The van der Waals surface area contributed by atoms with Crippen molar-refractivity contribution in [1.82, 2.24) is 0 Å². The average molecular weight is 284 g/mol. The summed E-state index contributed by atoms with van der Waals surface area (Å²) < 4.78 is 11.1. The summed E-state index contributed by atoms with van der Waals surface area (Å²) in [6, 6.07) is 15.9. The minimum Gasteiger partial charge on any atom is -0.497 e. The molecule has 3 heteroatoms. The molecule has 3 nitrogen and oxygen atoms in total. The van der Waals surface area contributed by atoms with Gasteiger partial charge in [0, 0.05) is 6.42 Å². The highest BCUT2D eigenvalue weighted by atomic mass is 16.5. The molecule has 2 atom stereocenters. The molecule has 0 amide bonds. The number of benzene rings is 2. The smallest absolute Gasteiger partial charge is 0.119 e. The first-order valence-corrected chi connectivity index (χ1v) is 7.29. The first kappa shape index (κ1) is 14.1. The standard InChI is InChI=1S/C18H20O3/c1-20-15-7-4-6-14(11-15)17(19)12-18-16-8-3-2-5-13(16)9-10-21-18/h2-8,11,17-19H,9-10,12H2,1H3. The third kappa shape index (κ3) is 3.09. The van der Waals surface area contributed by atoms with E-state index in [2.05, 4.69) is 18.2 Å². The lowest BCUT2D eigenvalue weighted by Crippen LogP contribution is -2.18. The molecule has 110 valence electrons. The minimum atomic E-state index is -0.559. The quantitative estimate of drug-likeness (QED) is 0.934. The first-order valence-electron chi connectivity index (χ1n) is 7.29. The molecule has 2 aromatic carbocycles. The molecule has 0 saturated carbocycles. The van der Waals surface area contributed by atoms with Gasteiger partial charge in [-0.25, -0.2) is 0 Å². The molecular formula is C18H20O3. The van der Waals surface area contributed by atoms with Gasteiger partial charge in [0.15, 0.2) is 0 Å². The molecule has 1 N–H and O–H groups in total. The molecule has 0 spiro atoms. The van der Waals surface area contributed by atoms with E-state index in [1.165, 1.54) is 11.1 Å². The van der Waals surface area contributed by atoms with Gasteiger partial charge in [0.25, 0.3) is 0 Å². The highest BCUT2D eigenvalue weighted by Crippen LogP contribution is 2.34. The van der Waals surface area contributed by atoms with Crippen molar-refractivity contribution in [2.75, 3.05) is 13.7 Å². The Hall–Kier alpha value is -1.84. The molecule has 0 aromatic heterocycles. The molecule has 21 heavy (non-hydrogen) atoms. The second-order valence-corrected chi connectivity index (χ2v) is 5.34. The maximum Gasteiger partial charge on any atom is 0.119 e. The van der Waals surface area contributed by atoms with Gasteiger partial charge in [-0.15, -0.1) is 0 Å². The molecule has 0 radical (unpaired) electrons. The molecule has 2 unspecified atom stereocenters. The van der Waals surface area contributed by atoms with Crippen molar-refractivity contribution in [2.45, 2.75) is 25.0 Å². The Bertz CT molecular complexity index is 609. The predicted molar refractivity (Wildman–Crippen MR) is 81.4 cm³/mol. The van der Waals surface area contributed by atoms with E-state index in [1.54, 1.807) is 7.11 Å². The van der Waals surface area contributed by atoms with E-state index < -0.39 is 6.10 Å². The molecule has 3 rings (SSSR count). The van der Waals surface area contributed by atoms with Crippen LogP contribution in [0.2, 0.25) is 0 Å². The Morgan fingerprint density at radius 2 is 2.10 bits per heavy atom. The van der Waals surface area contributed by atoms with Gasteiger partial charge in [-0.3, -0.25) is 0 Å². The van der Waals surface area contributed by atoms with Crippen molar-refractivity contribution in [3.63, 3.8) is 0 Å². The van der Waals surface area contributed by atoms with Gasteiger partial charge in [-0.05, 0) is 35.2 Å². The number of ether oxygens (including phenoxy) is 2. The summed E-state index contributed by atoms with van der Waals surface area (Å²) >= 11 is 0. The molecule has 0 saturated heterocycles. The third-order valence-electron chi connectivity index (χ3n) is 4.01. The Labute approximate surface area is 125 Å². The number of methoxy groups -OCH3 is 1. The van der Waals surface area contributed by atoms with E-state index in [9.17, 15) is 5.11 Å². The molecule has 0 fully saturated rings. The minimum absolute atomic E-state index is 0.0452. The summed E-state index contributed by atoms with van der Waals surface area (Å²) in [4.78, 5) is 0. The zero-order chi connectivity index (χ0) is 14.7. The Morgan fingerprint density at radius 1 is 1.24 bits per heavy atom. The van der Waals surface area contributed by atoms with Crippen molar-refractivity contribution >= 4 is 0 Å². The number of aliphatic hydroxyl groups excluding tert-OH is 1. The summed E-state index contributed by atoms with van der Waals surface area (Å²) in [5, 5.41) is 10.5. The van der Waals surface area contributed by atoms with Gasteiger partial charge in [0.05, 0.1) is 25.9 Å². The van der Waals surface area contributed by atoms with Gasteiger partial charge in [0.2, 0.25) is 0 Å². The van der Waals surface area contributed by atoms with Crippen molar-refractivity contribution in [2.24, 2.45) is 0 Å². The number of hydrogen-bond donors (Lipinski definition) is 1. The Morgan fingerprint density at radius 3 is 2.95 bits per heavy atom. The third-order valence-corrected chi connectivity index (χ3v) is 4.01. The van der Waals surface area contributed by atoms with Crippen LogP contribution in [0.4, 0.5) is 0 Å². The SMILES string of the molecule is COc1cccc(C(O)CC2OCCc3ccccc32)c1. The number of rotatable bonds is 4. The van der Waals surface area contributed by atoms with Crippen LogP contribution in [0, 0.1) is 0 Å². The lowest BCUT2D eigenvalue weighted by Gasteiger charge is -2.28. The average Bonchev–Trinajstić information content (AvgIpc) is 2.55. The van der Waals surface area contributed by atoms with Crippen LogP contribution in [0.1, 0.15) is 35.3 Å². The number of fused-ring (bicyclic) bond motifs is 1. The molecule has 0 aliphatic carbocycles. The van der Waals surface area contributed by atoms with Crippen LogP contribution in [0.3, 0.4) is 0 Å². The van der Waals surface area contributed by atoms with Crippen molar-refractivity contribution in [3.05, 3.63) is 65.2 Å². The molecule has 1 aliphatic rings. The Kier molecular flexibility index (Phi) is 4.23. The highest BCUT2D eigenvalue weighted by molar-refractivity contribution is 5.33. The maximum absolute atomic E-state index is 10.5. The second-order valence-electron chi connectivity index (χ2n) is 5.34. The van der Waals surface area contributed by atoms with E-state index >= 15 is 0 Å². The maximum atomic E-state index is 10.5. The normalized spacial score (nSPS) is 18.9. The van der Waals surface area contributed by atoms with Crippen LogP contribution in [0.25, 0.3) is 0 Å². The fourth-order valence-corrected chi connectivity index (χ4v) is 2.86. The predicted octanol–water partition coefficient (Wildman–Crippen LogP) is 3.43. The lowest BCUT2D eigenvalue weighted by molar-refractivity contribution is 0.00373. The topological polar surface area (TPSA) is 38.7 Å². The van der Waals surface area contributed by atoms with E-state index in [-0.39, 0.29) is 6.10 Å². The molecular weight excluding hydrogens is 264 g/mol. The number of aliphatic hydroxyl groups is 1. The van der Waals surface area contributed by atoms with Crippen molar-refractivity contribution < 1.29 is 14.6 Å². The summed E-state index contributed by atoms with van der Waals surface area (Å²) in [7, 11) is 1.63. The van der Waals surface area contributed by atoms with Gasteiger partial charge in [-0.2, -0.15) is 0 Å². The van der Waals surface area contributed by atoms with Gasteiger partial charge >= 0.3 is 0 Å². The van der Waals surface area contributed by atoms with Crippen LogP contribution >= 0.6 is 0 Å². The van der Waals surface area contributed by atoms with E-state index in [4.69, 9.17) is 9.47 Å². The van der Waals surface area contributed by atoms with Crippen LogP contribution in [0.15, 0.2) is 48.5 Å². The summed E-state index contributed by atoms with van der Waals surface area (Å²) in [6.07, 6.45) is 0.902. The zero-order valence-electron chi connectivity index (χ0n) is 12.2. The fourth-order valence-electron chi connectivity index (χ4n) is 2.86. The van der Waals surface area contributed by atoms with E-state index in [0.29, 0.717) is 13.0 Å². The summed E-state index contributed by atoms with van der Waals surface area (Å²) in [6.45, 7) is 0.715.